The van der Waals surface area contributed by atoms with Crippen molar-refractivity contribution in [2.75, 3.05) is 13.1 Å². The average Bonchev–Trinajstić information content (AvgIpc) is 3.27. The van der Waals surface area contributed by atoms with E-state index in [0.717, 1.165) is 18.4 Å². The van der Waals surface area contributed by atoms with Crippen LogP contribution in [0.5, 0.6) is 0 Å². The number of rotatable bonds is 5. The first-order valence-electron chi connectivity index (χ1n) is 9.81. The lowest BCUT2D eigenvalue weighted by Gasteiger charge is -2.32. The lowest BCUT2D eigenvalue weighted by Crippen LogP contribution is -2.45. The molecule has 0 bridgehead atoms. The van der Waals surface area contributed by atoms with E-state index >= 15 is 0 Å². The fourth-order valence-electron chi connectivity index (χ4n) is 3.49. The van der Waals surface area contributed by atoms with Gasteiger partial charge in [0.15, 0.2) is 0 Å². The number of carbonyl (C=O) groups is 2. The van der Waals surface area contributed by atoms with Gasteiger partial charge in [0.05, 0.1) is 12.5 Å². The minimum absolute atomic E-state index is 0.0893. The predicted molar refractivity (Wildman–Crippen MR) is 112 cm³/mol. The van der Waals surface area contributed by atoms with Crippen molar-refractivity contribution in [1.82, 2.24) is 20.4 Å². The summed E-state index contributed by atoms with van der Waals surface area (Å²) in [5.41, 5.74) is 1.42. The lowest BCUT2D eigenvalue weighted by molar-refractivity contribution is -0.126. The Morgan fingerprint density at radius 2 is 1.90 bits per heavy atom. The van der Waals surface area contributed by atoms with Crippen LogP contribution in [0.3, 0.4) is 0 Å². The van der Waals surface area contributed by atoms with E-state index in [0.29, 0.717) is 35.4 Å². The number of carbonyl (C=O) groups excluding carboxylic acids is 2. The predicted octanol–water partition coefficient (Wildman–Crippen LogP) is 3.56. The van der Waals surface area contributed by atoms with Crippen molar-refractivity contribution < 1.29 is 14.1 Å². The number of aromatic nitrogens is 2. The Balaban J connectivity index is 1.33. The zero-order valence-electron chi connectivity index (χ0n) is 16.3. The zero-order valence-corrected chi connectivity index (χ0v) is 17.0. The van der Waals surface area contributed by atoms with Gasteiger partial charge < -0.3 is 14.7 Å². The summed E-state index contributed by atoms with van der Waals surface area (Å²) in [4.78, 5) is 31.4. The summed E-state index contributed by atoms with van der Waals surface area (Å²) < 4.78 is 5.23. The van der Waals surface area contributed by atoms with Gasteiger partial charge in [0.1, 0.15) is 0 Å². The van der Waals surface area contributed by atoms with E-state index in [1.165, 1.54) is 0 Å². The summed E-state index contributed by atoms with van der Waals surface area (Å²) >= 11 is 5.89. The first-order valence-corrected chi connectivity index (χ1v) is 10.2. The summed E-state index contributed by atoms with van der Waals surface area (Å²) in [5, 5.41) is 7.38. The molecule has 2 heterocycles. The summed E-state index contributed by atoms with van der Waals surface area (Å²) in [6.07, 6.45) is 1.51. The van der Waals surface area contributed by atoms with Gasteiger partial charge in [0.2, 0.25) is 17.6 Å². The molecule has 1 fully saturated rings. The second-order valence-corrected chi connectivity index (χ2v) is 7.63. The van der Waals surface area contributed by atoms with Crippen LogP contribution in [0, 0.1) is 5.92 Å². The summed E-state index contributed by atoms with van der Waals surface area (Å²) in [6.45, 7) is 1.17. The van der Waals surface area contributed by atoms with Crippen LogP contribution in [-0.2, 0) is 11.3 Å². The third-order valence-corrected chi connectivity index (χ3v) is 5.34. The van der Waals surface area contributed by atoms with E-state index in [1.807, 2.05) is 30.3 Å². The highest BCUT2D eigenvalue weighted by Gasteiger charge is 2.29. The van der Waals surface area contributed by atoms with Gasteiger partial charge in [0.25, 0.3) is 5.91 Å². The molecule has 4 rings (SSSR count). The first-order chi connectivity index (χ1) is 14.6. The Morgan fingerprint density at radius 3 is 2.67 bits per heavy atom. The molecule has 1 unspecified atom stereocenters. The van der Waals surface area contributed by atoms with E-state index in [4.69, 9.17) is 16.1 Å². The lowest BCUT2D eigenvalue weighted by atomic mass is 9.96. The highest BCUT2D eigenvalue weighted by Crippen LogP contribution is 2.20. The number of amides is 2. The fourth-order valence-corrected chi connectivity index (χ4v) is 3.61. The van der Waals surface area contributed by atoms with Crippen molar-refractivity contribution in [3.8, 4) is 11.4 Å². The number of hydrogen-bond acceptors (Lipinski definition) is 5. The molecule has 3 aromatic rings. The highest BCUT2D eigenvalue weighted by molar-refractivity contribution is 6.30. The smallest absolute Gasteiger partial charge is 0.253 e. The van der Waals surface area contributed by atoms with E-state index in [9.17, 15) is 9.59 Å². The normalized spacial score (nSPS) is 16.3. The minimum atomic E-state index is -0.272. The maximum absolute atomic E-state index is 12.7. The average molecular weight is 425 g/mol. The largest absolute Gasteiger partial charge is 0.347 e. The molecule has 154 valence electrons. The van der Waals surface area contributed by atoms with Gasteiger partial charge in [-0.1, -0.05) is 47.1 Å². The summed E-state index contributed by atoms with van der Waals surface area (Å²) in [6, 6.07) is 16.3. The van der Waals surface area contributed by atoms with Gasteiger partial charge in [-0.3, -0.25) is 9.59 Å². The highest BCUT2D eigenvalue weighted by atomic mass is 35.5. The van der Waals surface area contributed by atoms with Gasteiger partial charge >= 0.3 is 0 Å². The molecule has 1 atom stereocenters. The molecule has 0 radical (unpaired) electrons. The Hall–Kier alpha value is -3.19. The fraction of sp³-hybridized carbons (Fsp3) is 0.273. The second kappa shape index (κ2) is 9.09. The number of nitrogens with zero attached hydrogens (tertiary/aromatic N) is 3. The monoisotopic (exact) mass is 424 g/mol. The van der Waals surface area contributed by atoms with Crippen molar-refractivity contribution >= 4 is 23.4 Å². The molecule has 1 N–H and O–H groups in total. The maximum atomic E-state index is 12.7. The number of benzene rings is 2. The van der Waals surface area contributed by atoms with Crippen LogP contribution in [-0.4, -0.2) is 39.9 Å². The van der Waals surface area contributed by atoms with Crippen LogP contribution in [0.4, 0.5) is 0 Å². The van der Waals surface area contributed by atoms with E-state index in [2.05, 4.69) is 15.5 Å². The molecular formula is C22H21ClN4O3. The van der Waals surface area contributed by atoms with Crippen LogP contribution in [0.15, 0.2) is 59.1 Å². The van der Waals surface area contributed by atoms with Gasteiger partial charge in [-0.2, -0.15) is 4.98 Å². The third kappa shape index (κ3) is 4.68. The minimum Gasteiger partial charge on any atom is -0.347 e. The number of likely N-dealkylation sites (tertiary alicyclic amines) is 1. The van der Waals surface area contributed by atoms with Crippen molar-refractivity contribution in [3.05, 3.63) is 71.1 Å². The Labute approximate surface area is 179 Å². The van der Waals surface area contributed by atoms with E-state index < -0.39 is 0 Å². The molecule has 8 heteroatoms. The van der Waals surface area contributed by atoms with E-state index in [1.54, 1.807) is 29.2 Å². The quantitative estimate of drug-likeness (QED) is 0.676. The Morgan fingerprint density at radius 1 is 1.13 bits per heavy atom. The zero-order chi connectivity index (χ0) is 20.9. The number of nitrogens with one attached hydrogen (secondary N) is 1. The molecule has 1 aliphatic rings. The maximum Gasteiger partial charge on any atom is 0.253 e. The Kier molecular flexibility index (Phi) is 6.09. The topological polar surface area (TPSA) is 88.3 Å². The van der Waals surface area contributed by atoms with Crippen LogP contribution >= 0.6 is 11.6 Å². The summed E-state index contributed by atoms with van der Waals surface area (Å²) in [5.74, 6) is 0.340. The number of piperidine rings is 1. The SMILES string of the molecule is O=C(NCc1nc(-c2ccccc2)no1)C1CCCN(C(=O)c2ccc(Cl)cc2)C1. The standard InChI is InChI=1S/C22H21ClN4O3/c23-18-10-8-16(9-11-18)22(29)27-12-4-7-17(14-27)21(28)24-13-19-25-20(26-30-19)15-5-2-1-3-6-15/h1-3,5-6,8-11,17H,4,7,12-14H2,(H,24,28). The van der Waals surface area contributed by atoms with E-state index in [-0.39, 0.29) is 24.3 Å². The molecule has 2 amide bonds. The van der Waals surface area contributed by atoms with Crippen molar-refractivity contribution in [3.63, 3.8) is 0 Å². The third-order valence-electron chi connectivity index (χ3n) is 5.08. The molecule has 30 heavy (non-hydrogen) atoms. The number of hydrogen-bond donors (Lipinski definition) is 1. The van der Waals surface area contributed by atoms with Gasteiger partial charge in [-0.15, -0.1) is 0 Å². The molecule has 0 aliphatic carbocycles. The molecule has 2 aromatic carbocycles. The van der Waals surface area contributed by atoms with Crippen molar-refractivity contribution in [1.29, 1.82) is 0 Å². The van der Waals surface area contributed by atoms with Gasteiger partial charge in [-0.05, 0) is 37.1 Å². The van der Waals surface area contributed by atoms with Gasteiger partial charge in [0, 0.05) is 29.2 Å². The molecule has 0 spiro atoms. The summed E-state index contributed by atoms with van der Waals surface area (Å²) in [7, 11) is 0. The molecule has 0 saturated carbocycles. The molecule has 1 aromatic heterocycles. The van der Waals surface area contributed by atoms with Crippen LogP contribution < -0.4 is 5.32 Å². The van der Waals surface area contributed by atoms with Crippen LogP contribution in [0.25, 0.3) is 11.4 Å². The van der Waals surface area contributed by atoms with Gasteiger partial charge in [-0.25, -0.2) is 0 Å². The molecule has 7 nitrogen and oxygen atoms in total. The first kappa shape index (κ1) is 20.1. The van der Waals surface area contributed by atoms with Crippen molar-refractivity contribution in [2.24, 2.45) is 5.92 Å². The van der Waals surface area contributed by atoms with Crippen LogP contribution in [0.1, 0.15) is 29.1 Å². The van der Waals surface area contributed by atoms with Crippen molar-refractivity contribution in [2.45, 2.75) is 19.4 Å². The Bertz CT molecular complexity index is 1020. The molecule has 1 aliphatic heterocycles. The number of halogens is 1. The second-order valence-electron chi connectivity index (χ2n) is 7.19. The van der Waals surface area contributed by atoms with Crippen LogP contribution in [0.2, 0.25) is 5.02 Å². The molecule has 1 saturated heterocycles. The molecular weight excluding hydrogens is 404 g/mol.